The van der Waals surface area contributed by atoms with Gasteiger partial charge in [-0.2, -0.15) is 0 Å². The molecule has 132 valence electrons. The van der Waals surface area contributed by atoms with E-state index >= 15 is 0 Å². The topological polar surface area (TPSA) is 72.5 Å². The monoisotopic (exact) mass is 367 g/mol. The molecule has 1 atom stereocenters. The van der Waals surface area contributed by atoms with E-state index in [1.165, 1.54) is 12.3 Å². The van der Waals surface area contributed by atoms with Gasteiger partial charge in [0.05, 0.1) is 21.3 Å². The molecule has 0 aromatic heterocycles. The van der Waals surface area contributed by atoms with Crippen LogP contribution >= 0.6 is 0 Å². The minimum atomic E-state index is -1.32. The maximum Gasteiger partial charge on any atom is 0.339 e. The Balaban J connectivity index is 1.63. The predicted molar refractivity (Wildman–Crippen MR) is 102 cm³/mol. The van der Waals surface area contributed by atoms with Crippen molar-refractivity contribution in [2.75, 3.05) is 18.2 Å². The largest absolute Gasteiger partial charge is 0.452 e. The van der Waals surface area contributed by atoms with E-state index in [4.69, 9.17) is 4.74 Å². The van der Waals surface area contributed by atoms with Crippen LogP contribution in [0, 0.1) is 0 Å². The SMILES string of the molecule is C[S@](=O)c1ccccc1C(=O)OCC(=O)Nc1ccc2ccccc2c1. The Labute approximate surface area is 153 Å². The van der Waals surface area contributed by atoms with Gasteiger partial charge in [0, 0.05) is 11.9 Å². The molecule has 0 spiro atoms. The zero-order valence-electron chi connectivity index (χ0n) is 14.1. The Hall–Kier alpha value is -2.99. The van der Waals surface area contributed by atoms with Crippen molar-refractivity contribution in [2.45, 2.75) is 4.90 Å². The molecule has 0 bridgehead atoms. The number of anilines is 1. The molecule has 26 heavy (non-hydrogen) atoms. The molecule has 0 saturated heterocycles. The van der Waals surface area contributed by atoms with Crippen molar-refractivity contribution >= 4 is 39.1 Å². The van der Waals surface area contributed by atoms with E-state index in [2.05, 4.69) is 5.32 Å². The van der Waals surface area contributed by atoms with Gasteiger partial charge in [0.2, 0.25) is 0 Å². The number of carbonyl (C=O) groups excluding carboxylic acids is 2. The normalized spacial score (nSPS) is 11.7. The van der Waals surface area contributed by atoms with Crippen molar-refractivity contribution < 1.29 is 18.5 Å². The summed E-state index contributed by atoms with van der Waals surface area (Å²) >= 11 is 0. The van der Waals surface area contributed by atoms with Crippen LogP contribution in [0.3, 0.4) is 0 Å². The average Bonchev–Trinajstić information content (AvgIpc) is 2.66. The summed E-state index contributed by atoms with van der Waals surface area (Å²) in [6.45, 7) is -0.420. The van der Waals surface area contributed by atoms with Crippen molar-refractivity contribution in [1.82, 2.24) is 0 Å². The van der Waals surface area contributed by atoms with Crippen LogP contribution in [-0.4, -0.2) is 28.9 Å². The first-order valence-corrected chi connectivity index (χ1v) is 9.48. The van der Waals surface area contributed by atoms with Crippen LogP contribution in [0.2, 0.25) is 0 Å². The van der Waals surface area contributed by atoms with E-state index in [1.807, 2.05) is 36.4 Å². The summed E-state index contributed by atoms with van der Waals surface area (Å²) in [5, 5.41) is 4.77. The van der Waals surface area contributed by atoms with Crippen LogP contribution < -0.4 is 5.32 Å². The van der Waals surface area contributed by atoms with Gasteiger partial charge in [-0.1, -0.05) is 42.5 Å². The van der Waals surface area contributed by atoms with Gasteiger partial charge in [-0.3, -0.25) is 9.00 Å². The van der Waals surface area contributed by atoms with Crippen molar-refractivity contribution in [1.29, 1.82) is 0 Å². The van der Waals surface area contributed by atoms with E-state index in [0.717, 1.165) is 10.8 Å². The molecule has 0 aliphatic heterocycles. The number of rotatable bonds is 5. The van der Waals surface area contributed by atoms with Crippen LogP contribution in [0.15, 0.2) is 71.6 Å². The van der Waals surface area contributed by atoms with Crippen LogP contribution in [0.4, 0.5) is 5.69 Å². The number of nitrogens with one attached hydrogen (secondary N) is 1. The summed E-state index contributed by atoms with van der Waals surface area (Å²) < 4.78 is 16.7. The first-order valence-electron chi connectivity index (χ1n) is 7.93. The van der Waals surface area contributed by atoms with Gasteiger partial charge in [-0.25, -0.2) is 4.79 Å². The third kappa shape index (κ3) is 4.15. The maximum atomic E-state index is 12.2. The molecule has 3 aromatic rings. The Morgan fingerprint density at radius 1 is 0.962 bits per heavy atom. The van der Waals surface area contributed by atoms with Gasteiger partial charge in [0.1, 0.15) is 0 Å². The summed E-state index contributed by atoms with van der Waals surface area (Å²) in [6, 6.07) is 19.8. The van der Waals surface area contributed by atoms with E-state index in [1.54, 1.807) is 24.3 Å². The average molecular weight is 367 g/mol. The molecule has 3 rings (SSSR count). The lowest BCUT2D eigenvalue weighted by Crippen LogP contribution is -2.21. The highest BCUT2D eigenvalue weighted by molar-refractivity contribution is 7.84. The smallest absolute Gasteiger partial charge is 0.339 e. The second-order valence-electron chi connectivity index (χ2n) is 5.64. The Bertz CT molecular complexity index is 1000. The van der Waals surface area contributed by atoms with Gasteiger partial charge < -0.3 is 10.1 Å². The third-order valence-corrected chi connectivity index (χ3v) is 4.76. The molecular weight excluding hydrogens is 350 g/mol. The molecule has 1 amide bonds. The van der Waals surface area contributed by atoms with Crippen molar-refractivity contribution in [3.8, 4) is 0 Å². The summed E-state index contributed by atoms with van der Waals surface area (Å²) in [7, 11) is -1.32. The van der Waals surface area contributed by atoms with E-state index in [0.29, 0.717) is 10.6 Å². The molecule has 1 N–H and O–H groups in total. The predicted octanol–water partition coefficient (Wildman–Crippen LogP) is 3.37. The van der Waals surface area contributed by atoms with Gasteiger partial charge in [0.25, 0.3) is 5.91 Å². The highest BCUT2D eigenvalue weighted by Crippen LogP contribution is 2.19. The van der Waals surface area contributed by atoms with Crippen LogP contribution in [-0.2, 0) is 20.3 Å². The lowest BCUT2D eigenvalue weighted by atomic mass is 10.1. The minimum absolute atomic E-state index is 0.201. The second kappa shape index (κ2) is 7.93. The van der Waals surface area contributed by atoms with Crippen molar-refractivity contribution in [2.24, 2.45) is 0 Å². The number of carbonyl (C=O) groups is 2. The number of esters is 1. The van der Waals surface area contributed by atoms with Crippen LogP contribution in [0.5, 0.6) is 0 Å². The highest BCUT2D eigenvalue weighted by Gasteiger charge is 2.16. The lowest BCUT2D eigenvalue weighted by molar-refractivity contribution is -0.119. The molecule has 0 aliphatic rings. The molecule has 0 heterocycles. The quantitative estimate of drug-likeness (QED) is 0.702. The van der Waals surface area contributed by atoms with Crippen molar-refractivity contribution in [3.63, 3.8) is 0 Å². The van der Waals surface area contributed by atoms with Gasteiger partial charge >= 0.3 is 5.97 Å². The summed E-state index contributed by atoms with van der Waals surface area (Å²) in [5.74, 6) is -1.12. The maximum absolute atomic E-state index is 12.2. The Kier molecular flexibility index (Phi) is 5.43. The fourth-order valence-corrected chi connectivity index (χ4v) is 3.29. The number of fused-ring (bicyclic) bond motifs is 1. The second-order valence-corrected chi connectivity index (χ2v) is 6.98. The molecule has 0 aliphatic carbocycles. The molecule has 0 radical (unpaired) electrons. The first kappa shape index (κ1) is 17.8. The van der Waals surface area contributed by atoms with E-state index in [-0.39, 0.29) is 5.56 Å². The number of hydrogen-bond acceptors (Lipinski definition) is 4. The van der Waals surface area contributed by atoms with Gasteiger partial charge in [-0.05, 0) is 35.0 Å². The first-order chi connectivity index (χ1) is 12.5. The van der Waals surface area contributed by atoms with E-state index < -0.39 is 29.3 Å². The molecule has 6 heteroatoms. The number of benzene rings is 3. The lowest BCUT2D eigenvalue weighted by Gasteiger charge is -2.09. The molecule has 0 fully saturated rings. The zero-order valence-corrected chi connectivity index (χ0v) is 14.9. The molecule has 0 saturated carbocycles. The Morgan fingerprint density at radius 2 is 1.65 bits per heavy atom. The standard InChI is InChI=1S/C20H17NO4S/c1-26(24)18-9-5-4-8-17(18)20(23)25-13-19(22)21-16-11-10-14-6-2-3-7-15(14)12-16/h2-12H,13H2,1H3,(H,21,22)/t26-/m0/s1. The Morgan fingerprint density at radius 3 is 2.42 bits per heavy atom. The number of ether oxygens (including phenoxy) is 1. The van der Waals surface area contributed by atoms with Gasteiger partial charge in [-0.15, -0.1) is 0 Å². The van der Waals surface area contributed by atoms with Crippen LogP contribution in [0.25, 0.3) is 10.8 Å². The van der Waals surface area contributed by atoms with Crippen molar-refractivity contribution in [3.05, 3.63) is 72.3 Å². The minimum Gasteiger partial charge on any atom is -0.452 e. The molecular formula is C20H17NO4S. The number of hydrogen-bond donors (Lipinski definition) is 1. The summed E-state index contributed by atoms with van der Waals surface area (Å²) in [6.07, 6.45) is 1.48. The fourth-order valence-electron chi connectivity index (χ4n) is 2.56. The van der Waals surface area contributed by atoms with Gasteiger partial charge in [0.15, 0.2) is 6.61 Å². The van der Waals surface area contributed by atoms with E-state index in [9.17, 15) is 13.8 Å². The third-order valence-electron chi connectivity index (χ3n) is 3.78. The van der Waals surface area contributed by atoms with Crippen LogP contribution in [0.1, 0.15) is 10.4 Å². The molecule has 3 aromatic carbocycles. The summed E-state index contributed by atoms with van der Waals surface area (Å²) in [4.78, 5) is 24.6. The zero-order chi connectivity index (χ0) is 18.5. The molecule has 0 unspecified atom stereocenters. The fraction of sp³-hybridized carbons (Fsp3) is 0.100. The highest BCUT2D eigenvalue weighted by atomic mass is 32.2. The number of amides is 1. The molecule has 5 nitrogen and oxygen atoms in total. The summed E-state index contributed by atoms with van der Waals surface area (Å²) in [5.41, 5.74) is 0.826.